The zero-order valence-corrected chi connectivity index (χ0v) is 13.6. The minimum Gasteiger partial charge on any atom is -0.444 e. The Morgan fingerprint density at radius 3 is 2.59 bits per heavy atom. The first-order chi connectivity index (χ1) is 7.83. The molecular formula is C11H18INO3S. The molecule has 1 heterocycles. The summed E-state index contributed by atoms with van der Waals surface area (Å²) in [5.41, 5.74) is 0.648. The van der Waals surface area contributed by atoms with Crippen LogP contribution in [0.1, 0.15) is 34.1 Å². The van der Waals surface area contributed by atoms with Gasteiger partial charge in [0, 0.05) is 40.7 Å². The van der Waals surface area contributed by atoms with Gasteiger partial charge in [-0.3, -0.25) is 0 Å². The maximum absolute atomic E-state index is 11.9. The Hall–Kier alpha value is -0.110. The topological polar surface area (TPSA) is 38.8 Å². The van der Waals surface area contributed by atoms with E-state index in [4.69, 9.17) is 8.92 Å². The van der Waals surface area contributed by atoms with Gasteiger partial charge in [0.2, 0.25) is 0 Å². The molecule has 0 fully saturated rings. The zero-order valence-electron chi connectivity index (χ0n) is 10.6. The molecule has 17 heavy (non-hydrogen) atoms. The molecule has 0 radical (unpaired) electrons. The highest BCUT2D eigenvalue weighted by Crippen LogP contribution is 2.26. The van der Waals surface area contributed by atoms with E-state index in [1.165, 1.54) is 9.21 Å². The van der Waals surface area contributed by atoms with Gasteiger partial charge in [-0.1, -0.05) is 0 Å². The van der Waals surface area contributed by atoms with Crippen LogP contribution < -0.4 is 0 Å². The van der Waals surface area contributed by atoms with E-state index in [1.54, 1.807) is 4.90 Å². The van der Waals surface area contributed by atoms with Crippen LogP contribution in [0.2, 0.25) is 0 Å². The first kappa shape index (κ1) is 14.9. The summed E-state index contributed by atoms with van der Waals surface area (Å²) in [7, 11) is 1.31. The molecule has 4 nitrogen and oxygen atoms in total. The van der Waals surface area contributed by atoms with Gasteiger partial charge >= 0.3 is 6.09 Å². The summed E-state index contributed by atoms with van der Waals surface area (Å²) in [6.45, 7) is 8.84. The zero-order chi connectivity index (χ0) is 13.1. The quantitative estimate of drug-likeness (QED) is 0.545. The van der Waals surface area contributed by atoms with E-state index in [9.17, 15) is 4.79 Å². The van der Waals surface area contributed by atoms with Crippen molar-refractivity contribution in [3.63, 3.8) is 0 Å². The standard InChI is InChI=1S/C11H18INO3S/c1-8-7-13(6-5-9(8)16-17-12)10(14)15-11(2,3)4/h5-7H2,1-4H3. The van der Waals surface area contributed by atoms with Gasteiger partial charge in [0.1, 0.15) is 20.6 Å². The van der Waals surface area contributed by atoms with Crippen molar-refractivity contribution in [3.05, 3.63) is 11.3 Å². The van der Waals surface area contributed by atoms with E-state index in [0.717, 1.165) is 17.8 Å². The van der Waals surface area contributed by atoms with Crippen molar-refractivity contribution in [1.29, 1.82) is 0 Å². The Kier molecular flexibility index (Phi) is 5.43. The van der Waals surface area contributed by atoms with E-state index in [0.29, 0.717) is 13.1 Å². The molecule has 1 rings (SSSR count). The molecule has 98 valence electrons. The van der Waals surface area contributed by atoms with Crippen molar-refractivity contribution in [2.75, 3.05) is 13.1 Å². The minimum absolute atomic E-state index is 0.252. The van der Waals surface area contributed by atoms with Crippen LogP contribution >= 0.6 is 30.4 Å². The maximum Gasteiger partial charge on any atom is 0.410 e. The Balaban J connectivity index is 2.58. The van der Waals surface area contributed by atoms with Crippen LogP contribution in [0.3, 0.4) is 0 Å². The van der Waals surface area contributed by atoms with E-state index < -0.39 is 5.60 Å². The van der Waals surface area contributed by atoms with Crippen molar-refractivity contribution in [2.24, 2.45) is 0 Å². The molecule has 0 unspecified atom stereocenters. The van der Waals surface area contributed by atoms with Crippen molar-refractivity contribution in [1.82, 2.24) is 4.90 Å². The van der Waals surface area contributed by atoms with Crippen LogP contribution in [-0.2, 0) is 8.92 Å². The van der Waals surface area contributed by atoms with Crippen LogP contribution in [-0.4, -0.2) is 29.7 Å². The summed E-state index contributed by atoms with van der Waals surface area (Å²) in [4.78, 5) is 13.6. The summed E-state index contributed by atoms with van der Waals surface area (Å²) < 4.78 is 10.8. The van der Waals surface area contributed by atoms with Gasteiger partial charge < -0.3 is 13.8 Å². The molecule has 1 amide bonds. The number of halogens is 1. The molecule has 0 spiro atoms. The fraction of sp³-hybridized carbons (Fsp3) is 0.727. The number of rotatable bonds is 2. The second-order valence-electron chi connectivity index (χ2n) is 5.00. The molecule has 0 aromatic carbocycles. The number of hydrogen-bond donors (Lipinski definition) is 0. The van der Waals surface area contributed by atoms with E-state index in [-0.39, 0.29) is 6.09 Å². The van der Waals surface area contributed by atoms with E-state index in [2.05, 4.69) is 21.2 Å². The van der Waals surface area contributed by atoms with Crippen molar-refractivity contribution < 1.29 is 13.7 Å². The summed E-state index contributed by atoms with van der Waals surface area (Å²) >= 11 is 2.09. The number of nitrogens with zero attached hydrogens (tertiary/aromatic N) is 1. The van der Waals surface area contributed by atoms with Gasteiger partial charge in [0.25, 0.3) is 0 Å². The molecule has 1 aliphatic heterocycles. The van der Waals surface area contributed by atoms with Crippen molar-refractivity contribution in [2.45, 2.75) is 39.7 Å². The molecule has 0 atom stereocenters. The van der Waals surface area contributed by atoms with E-state index in [1.807, 2.05) is 27.7 Å². The summed E-state index contributed by atoms with van der Waals surface area (Å²) in [6, 6.07) is 0. The Bertz CT molecular complexity index is 325. The van der Waals surface area contributed by atoms with Crippen LogP contribution in [0, 0.1) is 0 Å². The lowest BCUT2D eigenvalue weighted by Crippen LogP contribution is -2.40. The third-order valence-electron chi connectivity index (χ3n) is 2.30. The predicted octanol–water partition coefficient (Wildman–Crippen LogP) is 3.92. The monoisotopic (exact) mass is 371 g/mol. The van der Waals surface area contributed by atoms with Gasteiger partial charge in [-0.15, -0.1) is 0 Å². The smallest absolute Gasteiger partial charge is 0.410 e. The second kappa shape index (κ2) is 6.17. The normalized spacial score (nSPS) is 17.1. The van der Waals surface area contributed by atoms with Gasteiger partial charge in [-0.05, 0) is 33.3 Å². The lowest BCUT2D eigenvalue weighted by molar-refractivity contribution is 0.0252. The molecule has 0 aromatic heterocycles. The Labute approximate surface area is 119 Å². The number of carbonyl (C=O) groups excluding carboxylic acids is 1. The fourth-order valence-corrected chi connectivity index (χ4v) is 2.49. The van der Waals surface area contributed by atoms with Crippen LogP contribution in [0.15, 0.2) is 11.3 Å². The van der Waals surface area contributed by atoms with Crippen LogP contribution in [0.5, 0.6) is 0 Å². The van der Waals surface area contributed by atoms with Crippen LogP contribution in [0.4, 0.5) is 4.79 Å². The highest BCUT2D eigenvalue weighted by atomic mass is 127. The number of carbonyl (C=O) groups is 1. The average Bonchev–Trinajstić information content (AvgIpc) is 2.18. The SMILES string of the molecule is CC1=C(OSI)CCN(C(=O)OC(C)(C)C)C1. The summed E-state index contributed by atoms with van der Waals surface area (Å²) in [6.07, 6.45) is 0.499. The van der Waals surface area contributed by atoms with Crippen molar-refractivity contribution in [3.8, 4) is 0 Å². The Morgan fingerprint density at radius 2 is 2.12 bits per heavy atom. The maximum atomic E-state index is 11.9. The van der Waals surface area contributed by atoms with E-state index >= 15 is 0 Å². The Morgan fingerprint density at radius 1 is 1.47 bits per heavy atom. The highest BCUT2D eigenvalue weighted by molar-refractivity contribution is 14.2. The number of amides is 1. The highest BCUT2D eigenvalue weighted by Gasteiger charge is 2.26. The first-order valence-electron chi connectivity index (χ1n) is 5.45. The predicted molar refractivity (Wildman–Crippen MR) is 77.8 cm³/mol. The third-order valence-corrected chi connectivity index (χ3v) is 3.10. The largest absolute Gasteiger partial charge is 0.444 e. The number of ether oxygens (including phenoxy) is 1. The molecule has 0 aromatic rings. The number of hydrogen-bond acceptors (Lipinski definition) is 4. The molecule has 0 saturated carbocycles. The lowest BCUT2D eigenvalue weighted by Gasteiger charge is -2.31. The average molecular weight is 371 g/mol. The summed E-state index contributed by atoms with van der Waals surface area (Å²) in [5.74, 6) is 0.976. The first-order valence-corrected chi connectivity index (χ1v) is 8.73. The molecule has 1 aliphatic rings. The molecule has 0 saturated heterocycles. The van der Waals surface area contributed by atoms with Gasteiger partial charge in [0.05, 0.1) is 0 Å². The van der Waals surface area contributed by atoms with Gasteiger partial charge in [-0.25, -0.2) is 4.79 Å². The molecule has 6 heteroatoms. The van der Waals surface area contributed by atoms with Gasteiger partial charge in [-0.2, -0.15) is 0 Å². The minimum atomic E-state index is -0.441. The summed E-state index contributed by atoms with van der Waals surface area (Å²) in [5, 5.41) is 0. The lowest BCUT2D eigenvalue weighted by atomic mass is 10.1. The second-order valence-corrected chi connectivity index (χ2v) is 6.37. The fourth-order valence-electron chi connectivity index (χ4n) is 1.54. The molecule has 0 aliphatic carbocycles. The molecule has 0 N–H and O–H groups in total. The molecular weight excluding hydrogens is 353 g/mol. The van der Waals surface area contributed by atoms with Crippen molar-refractivity contribution >= 4 is 36.5 Å². The van der Waals surface area contributed by atoms with Gasteiger partial charge in [0.15, 0.2) is 0 Å². The van der Waals surface area contributed by atoms with Crippen LogP contribution in [0.25, 0.3) is 0 Å². The third kappa shape index (κ3) is 4.95. The molecule has 0 bridgehead atoms.